The van der Waals surface area contributed by atoms with Crippen molar-refractivity contribution in [2.45, 2.75) is 20.4 Å². The van der Waals surface area contributed by atoms with Gasteiger partial charge in [0.15, 0.2) is 5.78 Å². The van der Waals surface area contributed by atoms with Crippen LogP contribution in [0.25, 0.3) is 22.2 Å². The van der Waals surface area contributed by atoms with E-state index in [-0.39, 0.29) is 5.78 Å². The Bertz CT molecular complexity index is 1070. The van der Waals surface area contributed by atoms with Crippen LogP contribution < -0.4 is 0 Å². The number of fused-ring (bicyclic) bond motifs is 1. The molecule has 0 fully saturated rings. The molecule has 2 heteroatoms. The quantitative estimate of drug-likeness (QED) is 0.426. The van der Waals surface area contributed by atoms with E-state index in [9.17, 15) is 4.79 Å². The van der Waals surface area contributed by atoms with Crippen molar-refractivity contribution >= 4 is 16.7 Å². The average Bonchev–Trinajstić information content (AvgIpc) is 2.98. The zero-order chi connectivity index (χ0) is 18.1. The summed E-state index contributed by atoms with van der Waals surface area (Å²) < 4.78 is 2.27. The van der Waals surface area contributed by atoms with Crippen LogP contribution in [0.3, 0.4) is 0 Å². The van der Waals surface area contributed by atoms with Gasteiger partial charge in [0, 0.05) is 17.4 Å². The highest BCUT2D eigenvalue weighted by atomic mass is 16.1. The molecule has 0 N–H and O–H groups in total. The number of benzene rings is 3. The van der Waals surface area contributed by atoms with E-state index in [1.807, 2.05) is 24.3 Å². The molecule has 0 aliphatic rings. The molecular formula is C24H21NO. The molecule has 0 radical (unpaired) electrons. The van der Waals surface area contributed by atoms with E-state index in [1.165, 1.54) is 11.1 Å². The van der Waals surface area contributed by atoms with Gasteiger partial charge in [-0.15, -0.1) is 0 Å². The van der Waals surface area contributed by atoms with E-state index < -0.39 is 0 Å². The van der Waals surface area contributed by atoms with Crippen molar-refractivity contribution in [2.75, 3.05) is 0 Å². The Morgan fingerprint density at radius 2 is 1.50 bits per heavy atom. The smallest absolute Gasteiger partial charge is 0.162 e. The van der Waals surface area contributed by atoms with Gasteiger partial charge in [-0.1, -0.05) is 78.4 Å². The van der Waals surface area contributed by atoms with E-state index in [0.29, 0.717) is 0 Å². The Labute approximate surface area is 153 Å². The van der Waals surface area contributed by atoms with E-state index >= 15 is 0 Å². The van der Waals surface area contributed by atoms with Gasteiger partial charge in [0.25, 0.3) is 0 Å². The molecule has 0 aliphatic heterocycles. The monoisotopic (exact) mass is 339 g/mol. The van der Waals surface area contributed by atoms with Crippen LogP contribution >= 0.6 is 0 Å². The first-order valence-corrected chi connectivity index (χ1v) is 8.88. The lowest BCUT2D eigenvalue weighted by molar-refractivity contribution is 0.101. The van der Waals surface area contributed by atoms with Crippen LogP contribution in [0.4, 0.5) is 0 Å². The molecule has 0 spiro atoms. The summed E-state index contributed by atoms with van der Waals surface area (Å²) in [7, 11) is 0. The summed E-state index contributed by atoms with van der Waals surface area (Å²) >= 11 is 0. The Morgan fingerprint density at radius 1 is 0.846 bits per heavy atom. The van der Waals surface area contributed by atoms with Crippen LogP contribution in [0, 0.1) is 6.92 Å². The lowest BCUT2D eigenvalue weighted by atomic mass is 10.0. The molecule has 0 aliphatic carbocycles. The number of carbonyl (C=O) groups is 1. The number of para-hydroxylation sites is 1. The summed E-state index contributed by atoms with van der Waals surface area (Å²) in [4.78, 5) is 12.6. The molecule has 0 bridgehead atoms. The lowest BCUT2D eigenvalue weighted by Gasteiger charge is -2.13. The third kappa shape index (κ3) is 2.84. The first-order valence-electron chi connectivity index (χ1n) is 8.88. The Hall–Kier alpha value is -3.13. The molecule has 4 rings (SSSR count). The third-order valence-corrected chi connectivity index (χ3v) is 4.83. The standard InChI is InChI=1S/C24H21NO/c1-17-12-14-20(15-13-17)24-23(18(2)26)21-10-6-7-11-22(21)25(24)16-19-8-4-3-5-9-19/h3-15H,16H2,1-2H3. The molecule has 4 aromatic rings. The topological polar surface area (TPSA) is 22.0 Å². The van der Waals surface area contributed by atoms with Crippen LogP contribution in [-0.2, 0) is 6.54 Å². The Morgan fingerprint density at radius 3 is 2.19 bits per heavy atom. The number of ketones is 1. The molecule has 2 nitrogen and oxygen atoms in total. The van der Waals surface area contributed by atoms with E-state index in [0.717, 1.165) is 34.3 Å². The van der Waals surface area contributed by atoms with E-state index in [4.69, 9.17) is 0 Å². The van der Waals surface area contributed by atoms with Gasteiger partial charge in [0.05, 0.1) is 11.3 Å². The van der Waals surface area contributed by atoms with Gasteiger partial charge >= 0.3 is 0 Å². The zero-order valence-electron chi connectivity index (χ0n) is 15.1. The first-order chi connectivity index (χ1) is 12.6. The van der Waals surface area contributed by atoms with Crippen molar-refractivity contribution in [1.29, 1.82) is 0 Å². The van der Waals surface area contributed by atoms with Crippen LogP contribution in [0.1, 0.15) is 28.4 Å². The van der Waals surface area contributed by atoms with Crippen molar-refractivity contribution in [2.24, 2.45) is 0 Å². The highest BCUT2D eigenvalue weighted by Gasteiger charge is 2.21. The molecule has 0 atom stereocenters. The van der Waals surface area contributed by atoms with Crippen LogP contribution in [0.5, 0.6) is 0 Å². The van der Waals surface area contributed by atoms with Crippen molar-refractivity contribution in [3.63, 3.8) is 0 Å². The summed E-state index contributed by atoms with van der Waals surface area (Å²) in [5.74, 6) is 0.101. The maximum Gasteiger partial charge on any atom is 0.162 e. The summed E-state index contributed by atoms with van der Waals surface area (Å²) in [6, 6.07) is 27.0. The van der Waals surface area contributed by atoms with Gasteiger partial charge in [0.1, 0.15) is 0 Å². The second-order valence-electron chi connectivity index (χ2n) is 6.73. The fourth-order valence-electron chi connectivity index (χ4n) is 3.60. The molecule has 0 saturated heterocycles. The maximum atomic E-state index is 12.6. The maximum absolute atomic E-state index is 12.6. The highest BCUT2D eigenvalue weighted by Crippen LogP contribution is 2.35. The molecule has 128 valence electrons. The number of rotatable bonds is 4. The molecule has 3 aromatic carbocycles. The lowest BCUT2D eigenvalue weighted by Crippen LogP contribution is -2.04. The van der Waals surface area contributed by atoms with Gasteiger partial charge < -0.3 is 4.57 Å². The number of hydrogen-bond donors (Lipinski definition) is 0. The van der Waals surface area contributed by atoms with Gasteiger partial charge in [0.2, 0.25) is 0 Å². The molecule has 1 aromatic heterocycles. The molecule has 0 unspecified atom stereocenters. The van der Waals surface area contributed by atoms with Crippen molar-refractivity contribution < 1.29 is 4.79 Å². The van der Waals surface area contributed by atoms with Gasteiger partial charge in [-0.25, -0.2) is 0 Å². The van der Waals surface area contributed by atoms with Crippen molar-refractivity contribution in [3.8, 4) is 11.3 Å². The van der Waals surface area contributed by atoms with Crippen molar-refractivity contribution in [1.82, 2.24) is 4.57 Å². The molecule has 1 heterocycles. The van der Waals surface area contributed by atoms with Gasteiger partial charge in [-0.3, -0.25) is 4.79 Å². The highest BCUT2D eigenvalue weighted by molar-refractivity contribution is 6.12. The number of aryl methyl sites for hydroxylation is 1. The molecule has 26 heavy (non-hydrogen) atoms. The minimum Gasteiger partial charge on any atom is -0.335 e. The van der Waals surface area contributed by atoms with E-state index in [1.54, 1.807) is 6.92 Å². The average molecular weight is 339 g/mol. The molecule has 0 saturated carbocycles. The second kappa shape index (κ2) is 6.64. The fourth-order valence-corrected chi connectivity index (χ4v) is 3.60. The zero-order valence-corrected chi connectivity index (χ0v) is 15.1. The first kappa shape index (κ1) is 16.3. The second-order valence-corrected chi connectivity index (χ2v) is 6.73. The fraction of sp³-hybridized carbons (Fsp3) is 0.125. The SMILES string of the molecule is CC(=O)c1c(-c2ccc(C)cc2)n(Cc2ccccc2)c2ccccc12. The number of carbonyl (C=O) groups excluding carboxylic acids is 1. The minimum atomic E-state index is 0.101. The predicted octanol–water partition coefficient (Wildman–Crippen LogP) is 5.87. The minimum absolute atomic E-state index is 0.101. The van der Waals surface area contributed by atoms with Crippen LogP contribution in [0.15, 0.2) is 78.9 Å². The van der Waals surface area contributed by atoms with Crippen LogP contribution in [-0.4, -0.2) is 10.4 Å². The summed E-state index contributed by atoms with van der Waals surface area (Å²) in [6.45, 7) is 4.47. The van der Waals surface area contributed by atoms with Gasteiger partial charge in [-0.2, -0.15) is 0 Å². The van der Waals surface area contributed by atoms with E-state index in [2.05, 4.69) is 66.1 Å². The molecular weight excluding hydrogens is 318 g/mol. The molecule has 0 amide bonds. The van der Waals surface area contributed by atoms with Crippen LogP contribution in [0.2, 0.25) is 0 Å². The Kier molecular flexibility index (Phi) is 4.18. The van der Waals surface area contributed by atoms with Gasteiger partial charge in [-0.05, 0) is 31.0 Å². The number of Topliss-reactive ketones (excluding diaryl/α,β-unsaturated/α-hetero) is 1. The number of hydrogen-bond acceptors (Lipinski definition) is 1. The summed E-state index contributed by atoms with van der Waals surface area (Å²) in [5, 5.41) is 1.02. The summed E-state index contributed by atoms with van der Waals surface area (Å²) in [5.41, 5.74) is 6.41. The summed E-state index contributed by atoms with van der Waals surface area (Å²) in [6.07, 6.45) is 0. The normalized spacial score (nSPS) is 11.0. The third-order valence-electron chi connectivity index (χ3n) is 4.83. The number of nitrogens with zero attached hydrogens (tertiary/aromatic N) is 1. The number of aromatic nitrogens is 1. The largest absolute Gasteiger partial charge is 0.335 e. The predicted molar refractivity (Wildman–Crippen MR) is 108 cm³/mol. The Balaban J connectivity index is 2.03. The van der Waals surface area contributed by atoms with Crippen molar-refractivity contribution in [3.05, 3.63) is 95.6 Å².